The molecule has 4 aromatic carbocycles. The highest BCUT2D eigenvalue weighted by atomic mass is 32.1. The molecule has 0 spiro atoms. The number of rotatable bonds is 4. The van der Waals surface area contributed by atoms with Crippen molar-refractivity contribution in [3.8, 4) is 17.1 Å². The van der Waals surface area contributed by atoms with Crippen LogP contribution in [0.4, 0.5) is 4.39 Å². The van der Waals surface area contributed by atoms with Crippen LogP contribution in [0.15, 0.2) is 128 Å². The molecule has 3 nitrogen and oxygen atoms in total. The lowest BCUT2D eigenvalue weighted by Crippen LogP contribution is -1.99. The Hall–Kier alpha value is -4.87. The summed E-state index contributed by atoms with van der Waals surface area (Å²) < 4.78 is 20.9. The largest absolute Gasteiger partial charge is 0.294 e. The standard InChI is InChI=1S/C35H22FN3S/c36-35(23-9-7-8-22(20-23)27-11-3-5-18-37-27)24-14-15-25-29(21-24)39(32-13-4-6-19-38-32)28-16-17-31-34(33(25)28)26-10-1-2-12-30(26)40-31/h1-21,35H. The number of thiophene rings is 1. The van der Waals surface area contributed by atoms with Crippen molar-refractivity contribution in [2.75, 3.05) is 0 Å². The van der Waals surface area contributed by atoms with Gasteiger partial charge in [0, 0.05) is 48.9 Å². The topological polar surface area (TPSA) is 30.7 Å². The quantitative estimate of drug-likeness (QED) is 0.225. The van der Waals surface area contributed by atoms with Gasteiger partial charge in [-0.1, -0.05) is 60.7 Å². The average Bonchev–Trinajstić information content (AvgIpc) is 3.56. The molecule has 0 amide bonds. The fourth-order valence-electron chi connectivity index (χ4n) is 5.81. The predicted octanol–water partition coefficient (Wildman–Crippen LogP) is 9.67. The van der Waals surface area contributed by atoms with Gasteiger partial charge < -0.3 is 0 Å². The van der Waals surface area contributed by atoms with Crippen LogP contribution in [-0.2, 0) is 0 Å². The molecule has 0 aliphatic heterocycles. The SMILES string of the molecule is FC(c1cccc(-c2ccccn2)c1)c1ccc2c3c4c(ccc3n(-c3ccccn3)c2c1)sc1ccccc14. The zero-order valence-corrected chi connectivity index (χ0v) is 22.1. The molecule has 0 aliphatic carbocycles. The van der Waals surface area contributed by atoms with Crippen LogP contribution in [-0.4, -0.2) is 14.5 Å². The molecule has 0 fully saturated rings. The Balaban J connectivity index is 1.37. The molecule has 8 rings (SSSR count). The normalized spacial score (nSPS) is 12.5. The summed E-state index contributed by atoms with van der Waals surface area (Å²) in [5.74, 6) is 0.811. The van der Waals surface area contributed by atoms with E-state index < -0.39 is 6.17 Å². The monoisotopic (exact) mass is 535 g/mol. The fourth-order valence-corrected chi connectivity index (χ4v) is 6.93. The number of pyridine rings is 2. The molecule has 8 aromatic rings. The number of benzene rings is 4. The van der Waals surface area contributed by atoms with Gasteiger partial charge in [0.2, 0.25) is 0 Å². The van der Waals surface area contributed by atoms with Gasteiger partial charge in [-0.25, -0.2) is 9.37 Å². The number of aromatic nitrogens is 3. The maximum Gasteiger partial charge on any atom is 0.150 e. The van der Waals surface area contributed by atoms with Gasteiger partial charge in [-0.3, -0.25) is 9.55 Å². The van der Waals surface area contributed by atoms with E-state index >= 15 is 4.39 Å². The van der Waals surface area contributed by atoms with Crippen molar-refractivity contribution in [3.63, 3.8) is 0 Å². The van der Waals surface area contributed by atoms with Crippen molar-refractivity contribution in [3.05, 3.63) is 139 Å². The summed E-state index contributed by atoms with van der Waals surface area (Å²) >= 11 is 1.80. The van der Waals surface area contributed by atoms with Crippen LogP contribution >= 0.6 is 11.3 Å². The van der Waals surface area contributed by atoms with Gasteiger partial charge in [0.25, 0.3) is 0 Å². The number of alkyl halides is 1. The number of hydrogen-bond donors (Lipinski definition) is 0. The van der Waals surface area contributed by atoms with E-state index in [0.29, 0.717) is 11.1 Å². The van der Waals surface area contributed by atoms with Gasteiger partial charge in [0.15, 0.2) is 6.17 Å². The van der Waals surface area contributed by atoms with Gasteiger partial charge in [-0.15, -0.1) is 11.3 Å². The van der Waals surface area contributed by atoms with E-state index in [2.05, 4.69) is 52.0 Å². The first-order chi connectivity index (χ1) is 19.8. The summed E-state index contributed by atoms with van der Waals surface area (Å²) in [6.45, 7) is 0. The third-order valence-electron chi connectivity index (χ3n) is 7.61. The van der Waals surface area contributed by atoms with Crippen LogP contribution in [0.3, 0.4) is 0 Å². The third-order valence-corrected chi connectivity index (χ3v) is 8.74. The molecule has 40 heavy (non-hydrogen) atoms. The van der Waals surface area contributed by atoms with E-state index in [4.69, 9.17) is 4.98 Å². The van der Waals surface area contributed by atoms with E-state index in [1.54, 1.807) is 23.7 Å². The molecular weight excluding hydrogens is 513 g/mol. The van der Waals surface area contributed by atoms with Crippen LogP contribution in [0.25, 0.3) is 59.1 Å². The van der Waals surface area contributed by atoms with Crippen LogP contribution in [0.5, 0.6) is 0 Å². The summed E-state index contributed by atoms with van der Waals surface area (Å²) in [7, 11) is 0. The Kier molecular flexibility index (Phi) is 5.25. The maximum atomic E-state index is 16.2. The molecule has 1 atom stereocenters. The minimum atomic E-state index is -1.29. The van der Waals surface area contributed by atoms with Gasteiger partial charge in [-0.2, -0.15) is 0 Å². The van der Waals surface area contributed by atoms with E-state index in [1.165, 1.54) is 25.6 Å². The molecular formula is C35H22FN3S. The predicted molar refractivity (Wildman–Crippen MR) is 164 cm³/mol. The second-order valence-corrected chi connectivity index (χ2v) is 11.0. The number of fused-ring (bicyclic) bond motifs is 7. The minimum absolute atomic E-state index is 0.606. The van der Waals surface area contributed by atoms with E-state index in [-0.39, 0.29) is 0 Å². The summed E-state index contributed by atoms with van der Waals surface area (Å²) in [5, 5.41) is 4.75. The van der Waals surface area contributed by atoms with Crippen molar-refractivity contribution in [2.45, 2.75) is 6.17 Å². The van der Waals surface area contributed by atoms with Crippen molar-refractivity contribution >= 4 is 53.3 Å². The highest BCUT2D eigenvalue weighted by molar-refractivity contribution is 7.26. The summed E-state index contributed by atoms with van der Waals surface area (Å²) in [6, 6.07) is 38.2. The fraction of sp³-hybridized carbons (Fsp3) is 0.0286. The smallest absolute Gasteiger partial charge is 0.150 e. The maximum absolute atomic E-state index is 16.2. The molecule has 190 valence electrons. The summed E-state index contributed by atoms with van der Waals surface area (Å²) in [5.41, 5.74) is 4.95. The number of halogens is 1. The van der Waals surface area contributed by atoms with E-state index in [1.807, 2.05) is 72.8 Å². The Bertz CT molecular complexity index is 2180. The zero-order valence-electron chi connectivity index (χ0n) is 21.3. The first-order valence-electron chi connectivity index (χ1n) is 13.2. The van der Waals surface area contributed by atoms with Crippen molar-refractivity contribution in [1.82, 2.24) is 14.5 Å². The molecule has 4 heterocycles. The second-order valence-electron chi connectivity index (χ2n) is 9.93. The lowest BCUT2D eigenvalue weighted by molar-refractivity contribution is 0.402. The molecule has 0 saturated carbocycles. The van der Waals surface area contributed by atoms with Gasteiger partial charge >= 0.3 is 0 Å². The Morgan fingerprint density at radius 2 is 1.43 bits per heavy atom. The average molecular weight is 536 g/mol. The molecule has 0 N–H and O–H groups in total. The van der Waals surface area contributed by atoms with E-state index in [0.717, 1.165) is 33.5 Å². The summed E-state index contributed by atoms with van der Waals surface area (Å²) in [6.07, 6.45) is 2.27. The first-order valence-corrected chi connectivity index (χ1v) is 14.0. The highest BCUT2D eigenvalue weighted by Crippen LogP contribution is 2.44. The lowest BCUT2D eigenvalue weighted by Gasteiger charge is -2.12. The molecule has 0 radical (unpaired) electrons. The molecule has 0 saturated heterocycles. The molecule has 4 aromatic heterocycles. The summed E-state index contributed by atoms with van der Waals surface area (Å²) in [4.78, 5) is 9.14. The van der Waals surface area contributed by atoms with Gasteiger partial charge in [0.1, 0.15) is 5.82 Å². The van der Waals surface area contributed by atoms with Gasteiger partial charge in [0.05, 0.1) is 16.7 Å². The Morgan fingerprint density at radius 1 is 0.600 bits per heavy atom. The van der Waals surface area contributed by atoms with Crippen molar-refractivity contribution in [1.29, 1.82) is 0 Å². The third kappa shape index (κ3) is 3.55. The van der Waals surface area contributed by atoms with Crippen LogP contribution in [0.1, 0.15) is 17.3 Å². The first kappa shape index (κ1) is 23.1. The Labute approximate surface area is 233 Å². The minimum Gasteiger partial charge on any atom is -0.294 e. The molecule has 0 aliphatic rings. The lowest BCUT2D eigenvalue weighted by atomic mass is 9.98. The van der Waals surface area contributed by atoms with Crippen LogP contribution in [0.2, 0.25) is 0 Å². The highest BCUT2D eigenvalue weighted by Gasteiger charge is 2.21. The van der Waals surface area contributed by atoms with Crippen LogP contribution in [0, 0.1) is 0 Å². The zero-order chi connectivity index (χ0) is 26.6. The molecule has 5 heteroatoms. The van der Waals surface area contributed by atoms with Crippen LogP contribution < -0.4 is 0 Å². The number of hydrogen-bond acceptors (Lipinski definition) is 3. The molecule has 1 unspecified atom stereocenters. The van der Waals surface area contributed by atoms with E-state index in [9.17, 15) is 0 Å². The second kappa shape index (κ2) is 9.11. The molecule has 0 bridgehead atoms. The van der Waals surface area contributed by atoms with Crippen molar-refractivity contribution < 1.29 is 4.39 Å². The Morgan fingerprint density at radius 3 is 2.27 bits per heavy atom. The van der Waals surface area contributed by atoms with Gasteiger partial charge in [-0.05, 0) is 65.7 Å². The number of nitrogens with zero attached hydrogens (tertiary/aromatic N) is 3. The van der Waals surface area contributed by atoms with Crippen molar-refractivity contribution in [2.24, 2.45) is 0 Å².